The molecule has 2 rings (SSSR count). The van der Waals surface area contributed by atoms with Crippen molar-refractivity contribution in [2.75, 3.05) is 5.32 Å². The third-order valence-corrected chi connectivity index (χ3v) is 3.41. The van der Waals surface area contributed by atoms with E-state index in [0.29, 0.717) is 0 Å². The molecule has 0 aliphatic heterocycles. The van der Waals surface area contributed by atoms with Gasteiger partial charge in [-0.05, 0) is 25.1 Å². The summed E-state index contributed by atoms with van der Waals surface area (Å²) in [7, 11) is 0. The maximum atomic E-state index is 11.7. The van der Waals surface area contributed by atoms with Crippen molar-refractivity contribution < 1.29 is 19.8 Å². The minimum absolute atomic E-state index is 0.0589. The molecule has 8 heteroatoms. The highest BCUT2D eigenvalue weighted by atomic mass is 32.1. The largest absolute Gasteiger partial charge is 0.506 e. The van der Waals surface area contributed by atoms with Gasteiger partial charge in [0, 0.05) is 5.38 Å². The van der Waals surface area contributed by atoms with Gasteiger partial charge in [0.05, 0.1) is 28.5 Å². The fourth-order valence-corrected chi connectivity index (χ4v) is 2.21. The smallest absolute Gasteiger partial charge is 0.335 e. The average Bonchev–Trinajstić information content (AvgIpc) is 2.84. The molecule has 0 aliphatic rings. The second-order valence-corrected chi connectivity index (χ2v) is 5.26. The molecule has 2 aromatic rings. The predicted molar refractivity (Wildman–Crippen MR) is 77.8 cm³/mol. The number of carbonyl (C=O) groups is 2. The van der Waals surface area contributed by atoms with Crippen LogP contribution in [-0.2, 0) is 6.54 Å². The van der Waals surface area contributed by atoms with Crippen LogP contribution in [0.15, 0.2) is 23.6 Å². The van der Waals surface area contributed by atoms with E-state index >= 15 is 0 Å². The van der Waals surface area contributed by atoms with Gasteiger partial charge >= 0.3 is 12.0 Å². The summed E-state index contributed by atoms with van der Waals surface area (Å²) < 4.78 is 0. The molecule has 0 radical (unpaired) electrons. The number of benzene rings is 1. The third-order valence-electron chi connectivity index (χ3n) is 2.59. The molecule has 0 atom stereocenters. The number of anilines is 1. The van der Waals surface area contributed by atoms with E-state index in [1.165, 1.54) is 23.5 Å². The number of nitrogens with one attached hydrogen (secondary N) is 2. The number of thiazole rings is 1. The van der Waals surface area contributed by atoms with E-state index in [4.69, 9.17) is 5.11 Å². The Balaban J connectivity index is 1.94. The molecule has 0 fully saturated rings. The second kappa shape index (κ2) is 6.23. The molecular formula is C13H13N3O4S. The Bertz CT molecular complexity index is 684. The first-order valence-corrected chi connectivity index (χ1v) is 6.86. The monoisotopic (exact) mass is 307 g/mol. The van der Waals surface area contributed by atoms with Crippen molar-refractivity contribution in [1.29, 1.82) is 0 Å². The topological polar surface area (TPSA) is 112 Å². The lowest BCUT2D eigenvalue weighted by molar-refractivity contribution is 0.0696. The molecule has 0 spiro atoms. The number of aromatic hydroxyl groups is 1. The Morgan fingerprint density at radius 1 is 1.38 bits per heavy atom. The van der Waals surface area contributed by atoms with Gasteiger partial charge in [-0.25, -0.2) is 14.6 Å². The van der Waals surface area contributed by atoms with Crippen molar-refractivity contribution in [3.05, 3.63) is 39.8 Å². The first-order chi connectivity index (χ1) is 9.95. The van der Waals surface area contributed by atoms with Crippen molar-refractivity contribution in [3.63, 3.8) is 0 Å². The van der Waals surface area contributed by atoms with Gasteiger partial charge in [0.2, 0.25) is 0 Å². The van der Waals surface area contributed by atoms with Crippen LogP contribution in [0.3, 0.4) is 0 Å². The van der Waals surface area contributed by atoms with Crippen LogP contribution in [0.25, 0.3) is 0 Å². The number of hydrogen-bond donors (Lipinski definition) is 4. The Morgan fingerprint density at radius 2 is 2.14 bits per heavy atom. The maximum Gasteiger partial charge on any atom is 0.335 e. The number of phenolic OH excluding ortho intramolecular Hbond substituents is 1. The van der Waals surface area contributed by atoms with Crippen LogP contribution >= 0.6 is 11.3 Å². The third kappa shape index (κ3) is 3.93. The molecule has 1 aromatic carbocycles. The predicted octanol–water partition coefficient (Wildman–Crippen LogP) is 2.18. The molecule has 0 unspecified atom stereocenters. The quantitative estimate of drug-likeness (QED) is 0.647. The van der Waals surface area contributed by atoms with Gasteiger partial charge in [0.15, 0.2) is 0 Å². The molecule has 110 valence electrons. The highest BCUT2D eigenvalue weighted by Crippen LogP contribution is 2.24. The van der Waals surface area contributed by atoms with E-state index in [0.717, 1.165) is 16.8 Å². The number of hydrogen-bond acceptors (Lipinski definition) is 5. The summed E-state index contributed by atoms with van der Waals surface area (Å²) in [5.74, 6) is -1.46. The highest BCUT2D eigenvalue weighted by molar-refractivity contribution is 7.09. The van der Waals surface area contributed by atoms with Gasteiger partial charge in [-0.3, -0.25) is 0 Å². The normalized spacial score (nSPS) is 10.1. The van der Waals surface area contributed by atoms with Crippen LogP contribution in [0.2, 0.25) is 0 Å². The number of phenols is 1. The minimum Gasteiger partial charge on any atom is -0.506 e. The first kappa shape index (κ1) is 14.8. The molecule has 2 amide bonds. The van der Waals surface area contributed by atoms with E-state index < -0.39 is 12.0 Å². The Kier molecular flexibility index (Phi) is 4.39. The first-order valence-electron chi connectivity index (χ1n) is 5.98. The lowest BCUT2D eigenvalue weighted by Crippen LogP contribution is -2.28. The van der Waals surface area contributed by atoms with Crippen molar-refractivity contribution in [2.45, 2.75) is 13.5 Å². The fourth-order valence-electron chi connectivity index (χ4n) is 1.60. The van der Waals surface area contributed by atoms with E-state index in [1.807, 2.05) is 12.3 Å². The number of carboxylic acid groups (broad SMARTS) is 1. The molecule has 0 saturated carbocycles. The van der Waals surface area contributed by atoms with Gasteiger partial charge in [0.1, 0.15) is 5.75 Å². The van der Waals surface area contributed by atoms with E-state index in [1.54, 1.807) is 0 Å². The Hall–Kier alpha value is -2.61. The van der Waals surface area contributed by atoms with Crippen molar-refractivity contribution in [2.24, 2.45) is 0 Å². The van der Waals surface area contributed by atoms with Gasteiger partial charge in [-0.15, -0.1) is 11.3 Å². The summed E-state index contributed by atoms with van der Waals surface area (Å²) in [6.45, 7) is 2.14. The minimum atomic E-state index is -1.15. The van der Waals surface area contributed by atoms with Crippen LogP contribution in [0.1, 0.15) is 21.1 Å². The zero-order chi connectivity index (χ0) is 15.4. The standard InChI is InChI=1S/C13H13N3O4S/c1-7-15-9(6-21-7)5-14-13(20)16-10-3-2-8(12(18)19)4-11(10)17/h2-4,6,17H,5H2,1H3,(H,18,19)(H2,14,16,20). The average molecular weight is 307 g/mol. The Labute approximate surface area is 124 Å². The number of amides is 2. The molecule has 0 saturated heterocycles. The Morgan fingerprint density at radius 3 is 2.71 bits per heavy atom. The summed E-state index contributed by atoms with van der Waals surface area (Å²) >= 11 is 1.49. The van der Waals surface area contributed by atoms with Crippen LogP contribution < -0.4 is 10.6 Å². The molecule has 4 N–H and O–H groups in total. The summed E-state index contributed by atoms with van der Waals surface area (Å²) in [5, 5.41) is 26.2. The lowest BCUT2D eigenvalue weighted by atomic mass is 10.2. The van der Waals surface area contributed by atoms with Crippen LogP contribution in [0.4, 0.5) is 10.5 Å². The fraction of sp³-hybridized carbons (Fsp3) is 0.154. The molecule has 0 bridgehead atoms. The van der Waals surface area contributed by atoms with Gasteiger partial charge in [-0.1, -0.05) is 0 Å². The van der Waals surface area contributed by atoms with Crippen molar-refractivity contribution in [1.82, 2.24) is 10.3 Å². The summed E-state index contributed by atoms with van der Waals surface area (Å²) in [5.41, 5.74) is 0.821. The van der Waals surface area contributed by atoms with Crippen LogP contribution in [-0.4, -0.2) is 27.2 Å². The number of carbonyl (C=O) groups excluding carboxylic acids is 1. The number of aryl methyl sites for hydroxylation is 1. The summed E-state index contributed by atoms with van der Waals surface area (Å²) in [6.07, 6.45) is 0. The lowest BCUT2D eigenvalue weighted by Gasteiger charge is -2.08. The van der Waals surface area contributed by atoms with Crippen molar-refractivity contribution in [3.8, 4) is 5.75 Å². The zero-order valence-corrected chi connectivity index (χ0v) is 11.9. The number of urea groups is 1. The van der Waals surface area contributed by atoms with Gasteiger partial charge in [-0.2, -0.15) is 0 Å². The number of carboxylic acids is 1. The maximum absolute atomic E-state index is 11.7. The van der Waals surface area contributed by atoms with Crippen LogP contribution in [0, 0.1) is 6.92 Å². The molecule has 1 aromatic heterocycles. The zero-order valence-electron chi connectivity index (χ0n) is 11.1. The van der Waals surface area contributed by atoms with Crippen LogP contribution in [0.5, 0.6) is 5.75 Å². The molecule has 0 aliphatic carbocycles. The molecule has 1 heterocycles. The summed E-state index contributed by atoms with van der Waals surface area (Å²) in [4.78, 5) is 26.6. The molecule has 7 nitrogen and oxygen atoms in total. The van der Waals surface area contributed by atoms with Crippen molar-refractivity contribution >= 4 is 29.0 Å². The summed E-state index contributed by atoms with van der Waals surface area (Å²) in [6, 6.07) is 3.17. The number of rotatable bonds is 4. The van der Waals surface area contributed by atoms with Gasteiger partial charge in [0.25, 0.3) is 0 Å². The number of aromatic carboxylic acids is 1. The van der Waals surface area contributed by atoms with Gasteiger partial charge < -0.3 is 20.8 Å². The molecule has 21 heavy (non-hydrogen) atoms. The SMILES string of the molecule is Cc1nc(CNC(=O)Nc2ccc(C(=O)O)cc2O)cs1. The molecular weight excluding hydrogens is 294 g/mol. The highest BCUT2D eigenvalue weighted by Gasteiger charge is 2.10. The number of nitrogens with zero attached hydrogens (tertiary/aromatic N) is 1. The number of aromatic nitrogens is 1. The van der Waals surface area contributed by atoms with E-state index in [-0.39, 0.29) is 23.5 Å². The second-order valence-electron chi connectivity index (χ2n) is 4.20. The van der Waals surface area contributed by atoms with E-state index in [9.17, 15) is 14.7 Å². The van der Waals surface area contributed by atoms with E-state index in [2.05, 4.69) is 15.6 Å².